The molecule has 1 aromatic heterocycles. The minimum atomic E-state index is 0.635. The predicted molar refractivity (Wildman–Crippen MR) is 68.2 cm³/mol. The summed E-state index contributed by atoms with van der Waals surface area (Å²) >= 11 is 2.26. The molecule has 1 aromatic carbocycles. The summed E-state index contributed by atoms with van der Waals surface area (Å²) in [5.74, 6) is 1.45. The zero-order valence-corrected chi connectivity index (χ0v) is 10.4. The molecule has 2 aromatic rings. The Labute approximate surface area is 102 Å². The van der Waals surface area contributed by atoms with Crippen LogP contribution in [0.3, 0.4) is 0 Å². The maximum absolute atomic E-state index is 5.60. The summed E-state index contributed by atoms with van der Waals surface area (Å²) in [7, 11) is 0. The van der Waals surface area contributed by atoms with E-state index < -0.39 is 0 Å². The molecular formula is C12H10INO. The molecule has 0 atom stereocenters. The van der Waals surface area contributed by atoms with Crippen LogP contribution in [-0.2, 0) is 0 Å². The van der Waals surface area contributed by atoms with Crippen LogP contribution in [0.2, 0.25) is 0 Å². The maximum atomic E-state index is 5.60. The van der Waals surface area contributed by atoms with Gasteiger partial charge in [0.15, 0.2) is 0 Å². The van der Waals surface area contributed by atoms with Crippen LogP contribution in [0, 0.1) is 10.5 Å². The van der Waals surface area contributed by atoms with Gasteiger partial charge in [-0.2, -0.15) is 0 Å². The lowest BCUT2D eigenvalue weighted by atomic mass is 10.3. The van der Waals surface area contributed by atoms with Crippen molar-refractivity contribution in [1.82, 2.24) is 4.98 Å². The Morgan fingerprint density at radius 1 is 1.13 bits per heavy atom. The van der Waals surface area contributed by atoms with E-state index in [-0.39, 0.29) is 0 Å². The van der Waals surface area contributed by atoms with Gasteiger partial charge in [0.05, 0.1) is 0 Å². The fraction of sp³-hybridized carbons (Fsp3) is 0.0833. The van der Waals surface area contributed by atoms with Crippen molar-refractivity contribution < 1.29 is 4.74 Å². The van der Waals surface area contributed by atoms with E-state index in [1.807, 2.05) is 43.3 Å². The molecular weight excluding hydrogens is 301 g/mol. The Hall–Kier alpha value is -1.10. The molecule has 0 amide bonds. The van der Waals surface area contributed by atoms with Crippen molar-refractivity contribution in [3.63, 3.8) is 0 Å². The van der Waals surface area contributed by atoms with Crippen LogP contribution in [0.15, 0.2) is 42.6 Å². The molecule has 0 fully saturated rings. The molecule has 2 rings (SSSR count). The monoisotopic (exact) mass is 311 g/mol. The summed E-state index contributed by atoms with van der Waals surface area (Å²) < 4.78 is 6.79. The molecule has 0 radical (unpaired) electrons. The summed E-state index contributed by atoms with van der Waals surface area (Å²) in [6.45, 7) is 2.02. The van der Waals surface area contributed by atoms with Crippen LogP contribution in [0.4, 0.5) is 0 Å². The molecule has 15 heavy (non-hydrogen) atoms. The van der Waals surface area contributed by atoms with E-state index in [9.17, 15) is 0 Å². The number of hydrogen-bond donors (Lipinski definition) is 0. The Morgan fingerprint density at radius 2 is 1.87 bits per heavy atom. The minimum Gasteiger partial charge on any atom is -0.439 e. The lowest BCUT2D eigenvalue weighted by Crippen LogP contribution is -1.87. The predicted octanol–water partition coefficient (Wildman–Crippen LogP) is 3.79. The third kappa shape index (κ3) is 2.92. The number of pyridine rings is 1. The summed E-state index contributed by atoms with van der Waals surface area (Å²) in [6.07, 6.45) is 1.75. The van der Waals surface area contributed by atoms with E-state index in [0.29, 0.717) is 5.88 Å². The molecule has 0 unspecified atom stereocenters. The number of benzene rings is 1. The third-order valence-electron chi connectivity index (χ3n) is 1.93. The van der Waals surface area contributed by atoms with Gasteiger partial charge in [-0.05, 0) is 65.4 Å². The SMILES string of the molecule is Cc1ccnc(Oc2ccc(I)cc2)c1. The fourth-order valence-electron chi connectivity index (χ4n) is 1.19. The van der Waals surface area contributed by atoms with Gasteiger partial charge in [0.1, 0.15) is 5.75 Å². The van der Waals surface area contributed by atoms with Crippen molar-refractivity contribution in [2.75, 3.05) is 0 Å². The van der Waals surface area contributed by atoms with Crippen molar-refractivity contribution in [3.05, 3.63) is 51.7 Å². The first-order chi connectivity index (χ1) is 7.24. The minimum absolute atomic E-state index is 0.635. The lowest BCUT2D eigenvalue weighted by molar-refractivity contribution is 0.462. The molecule has 0 saturated heterocycles. The van der Waals surface area contributed by atoms with Crippen LogP contribution in [0.5, 0.6) is 11.6 Å². The second-order valence-electron chi connectivity index (χ2n) is 3.23. The number of aromatic nitrogens is 1. The van der Waals surface area contributed by atoms with Gasteiger partial charge in [0.2, 0.25) is 5.88 Å². The highest BCUT2D eigenvalue weighted by Crippen LogP contribution is 2.20. The van der Waals surface area contributed by atoms with Crippen molar-refractivity contribution >= 4 is 22.6 Å². The van der Waals surface area contributed by atoms with Crippen LogP contribution < -0.4 is 4.74 Å². The average molecular weight is 311 g/mol. The number of hydrogen-bond acceptors (Lipinski definition) is 2. The third-order valence-corrected chi connectivity index (χ3v) is 2.65. The van der Waals surface area contributed by atoms with E-state index in [4.69, 9.17) is 4.74 Å². The molecule has 0 saturated carbocycles. The molecule has 1 heterocycles. The molecule has 0 N–H and O–H groups in total. The summed E-state index contributed by atoms with van der Waals surface area (Å²) in [5, 5.41) is 0. The second kappa shape index (κ2) is 4.61. The van der Waals surface area contributed by atoms with E-state index in [1.54, 1.807) is 6.20 Å². The highest BCUT2D eigenvalue weighted by Gasteiger charge is 1.98. The number of aryl methyl sites for hydroxylation is 1. The Kier molecular flexibility index (Phi) is 3.20. The topological polar surface area (TPSA) is 22.1 Å². The zero-order chi connectivity index (χ0) is 10.7. The molecule has 2 nitrogen and oxygen atoms in total. The molecule has 76 valence electrons. The van der Waals surface area contributed by atoms with Crippen LogP contribution in [0.25, 0.3) is 0 Å². The Morgan fingerprint density at radius 3 is 2.53 bits per heavy atom. The molecule has 0 bridgehead atoms. The quantitative estimate of drug-likeness (QED) is 0.787. The van der Waals surface area contributed by atoms with Crippen molar-refractivity contribution in [1.29, 1.82) is 0 Å². The molecule has 0 spiro atoms. The van der Waals surface area contributed by atoms with E-state index in [0.717, 1.165) is 11.3 Å². The largest absolute Gasteiger partial charge is 0.439 e. The number of halogens is 1. The highest BCUT2D eigenvalue weighted by molar-refractivity contribution is 14.1. The summed E-state index contributed by atoms with van der Waals surface area (Å²) in [6, 6.07) is 11.7. The van der Waals surface area contributed by atoms with Gasteiger partial charge in [0, 0.05) is 15.8 Å². The number of ether oxygens (including phenoxy) is 1. The van der Waals surface area contributed by atoms with Gasteiger partial charge in [0.25, 0.3) is 0 Å². The first-order valence-corrected chi connectivity index (χ1v) is 5.68. The Bertz CT molecular complexity index is 453. The first-order valence-electron chi connectivity index (χ1n) is 4.60. The van der Waals surface area contributed by atoms with E-state index >= 15 is 0 Å². The van der Waals surface area contributed by atoms with Gasteiger partial charge in [-0.25, -0.2) is 4.98 Å². The molecule has 0 aliphatic carbocycles. The lowest BCUT2D eigenvalue weighted by Gasteiger charge is -2.04. The Balaban J connectivity index is 2.18. The standard InChI is InChI=1S/C12H10INO/c1-9-6-7-14-12(8-9)15-11-4-2-10(13)3-5-11/h2-8H,1H3. The normalized spacial score (nSPS) is 10.0. The van der Waals surface area contributed by atoms with Gasteiger partial charge in [-0.1, -0.05) is 0 Å². The van der Waals surface area contributed by atoms with Crippen LogP contribution in [0.1, 0.15) is 5.56 Å². The van der Waals surface area contributed by atoms with Crippen molar-refractivity contribution in [3.8, 4) is 11.6 Å². The first kappa shape index (κ1) is 10.4. The number of rotatable bonds is 2. The van der Waals surface area contributed by atoms with Gasteiger partial charge >= 0.3 is 0 Å². The number of nitrogens with zero attached hydrogens (tertiary/aromatic N) is 1. The maximum Gasteiger partial charge on any atom is 0.219 e. The molecule has 0 aliphatic heterocycles. The molecule has 0 aliphatic rings. The second-order valence-corrected chi connectivity index (χ2v) is 4.47. The van der Waals surface area contributed by atoms with Gasteiger partial charge < -0.3 is 4.74 Å². The van der Waals surface area contributed by atoms with E-state index in [1.165, 1.54) is 3.57 Å². The van der Waals surface area contributed by atoms with Crippen molar-refractivity contribution in [2.24, 2.45) is 0 Å². The van der Waals surface area contributed by atoms with E-state index in [2.05, 4.69) is 27.6 Å². The fourth-order valence-corrected chi connectivity index (χ4v) is 1.55. The van der Waals surface area contributed by atoms with Gasteiger partial charge in [-0.3, -0.25) is 0 Å². The molecule has 3 heteroatoms. The van der Waals surface area contributed by atoms with Gasteiger partial charge in [-0.15, -0.1) is 0 Å². The van der Waals surface area contributed by atoms with Crippen LogP contribution >= 0.6 is 22.6 Å². The van der Waals surface area contributed by atoms with Crippen LogP contribution in [-0.4, -0.2) is 4.98 Å². The highest BCUT2D eigenvalue weighted by atomic mass is 127. The zero-order valence-electron chi connectivity index (χ0n) is 8.27. The summed E-state index contributed by atoms with van der Waals surface area (Å²) in [5.41, 5.74) is 1.14. The average Bonchev–Trinajstić information content (AvgIpc) is 2.22. The van der Waals surface area contributed by atoms with Crippen molar-refractivity contribution in [2.45, 2.75) is 6.92 Å². The smallest absolute Gasteiger partial charge is 0.219 e. The summed E-state index contributed by atoms with van der Waals surface area (Å²) in [4.78, 5) is 4.13.